The Morgan fingerprint density at radius 2 is 1.93 bits per heavy atom. The fourth-order valence-corrected chi connectivity index (χ4v) is 3.66. The summed E-state index contributed by atoms with van der Waals surface area (Å²) >= 11 is 1.47. The highest BCUT2D eigenvalue weighted by molar-refractivity contribution is 7.15. The van der Waals surface area contributed by atoms with Gasteiger partial charge in [0.1, 0.15) is 5.82 Å². The van der Waals surface area contributed by atoms with Gasteiger partial charge in [0.25, 0.3) is 5.91 Å². The van der Waals surface area contributed by atoms with Crippen molar-refractivity contribution in [3.05, 3.63) is 71.1 Å². The van der Waals surface area contributed by atoms with Crippen LogP contribution in [0.2, 0.25) is 0 Å². The van der Waals surface area contributed by atoms with Crippen LogP contribution in [0.1, 0.15) is 16.1 Å². The van der Waals surface area contributed by atoms with Crippen molar-refractivity contribution in [2.75, 3.05) is 14.2 Å². The van der Waals surface area contributed by atoms with E-state index in [1.54, 1.807) is 30.3 Å². The maximum Gasteiger partial charge on any atom is 0.271 e. The second-order valence-electron chi connectivity index (χ2n) is 6.18. The Balaban J connectivity index is 1.60. The Kier molecular flexibility index (Phi) is 5.44. The van der Waals surface area contributed by atoms with Gasteiger partial charge in [0.05, 0.1) is 31.8 Å². The molecule has 152 valence electrons. The number of amides is 1. The summed E-state index contributed by atoms with van der Waals surface area (Å²) in [5, 5.41) is 5.99. The smallest absolute Gasteiger partial charge is 0.271 e. The Labute approximate surface area is 175 Å². The monoisotopic (exact) mass is 424 g/mol. The van der Waals surface area contributed by atoms with E-state index in [-0.39, 0.29) is 5.82 Å². The maximum absolute atomic E-state index is 13.3. The highest BCUT2D eigenvalue weighted by Gasteiger charge is 2.14. The van der Waals surface area contributed by atoms with Gasteiger partial charge in [0.15, 0.2) is 16.5 Å². The molecular formula is C21H17FN4O3S. The van der Waals surface area contributed by atoms with Crippen LogP contribution in [0.5, 0.6) is 11.5 Å². The van der Waals surface area contributed by atoms with Gasteiger partial charge in [-0.15, -0.1) is 11.3 Å². The Bertz CT molecular complexity index is 1230. The average molecular weight is 424 g/mol. The van der Waals surface area contributed by atoms with Gasteiger partial charge < -0.3 is 9.47 Å². The fraction of sp³-hybridized carbons (Fsp3) is 0.0952. The first-order valence-corrected chi connectivity index (χ1v) is 9.75. The first-order chi connectivity index (χ1) is 14.6. The number of halogens is 1. The molecule has 4 rings (SSSR count). The van der Waals surface area contributed by atoms with Crippen LogP contribution in [-0.4, -0.2) is 35.7 Å². The first kappa shape index (κ1) is 19.6. The molecule has 0 atom stereocenters. The largest absolute Gasteiger partial charge is 0.493 e. The molecule has 0 spiro atoms. The lowest BCUT2D eigenvalue weighted by Gasteiger charge is -2.08. The summed E-state index contributed by atoms with van der Waals surface area (Å²) in [5.41, 5.74) is 4.95. The molecule has 0 fully saturated rings. The summed E-state index contributed by atoms with van der Waals surface area (Å²) in [6.45, 7) is 0. The third-order valence-corrected chi connectivity index (χ3v) is 5.17. The van der Waals surface area contributed by atoms with Crippen LogP contribution in [0, 0.1) is 5.82 Å². The Morgan fingerprint density at radius 3 is 2.67 bits per heavy atom. The van der Waals surface area contributed by atoms with Crippen LogP contribution in [0.4, 0.5) is 4.39 Å². The lowest BCUT2D eigenvalue weighted by Crippen LogP contribution is -2.17. The minimum Gasteiger partial charge on any atom is -0.493 e. The van der Waals surface area contributed by atoms with Gasteiger partial charge >= 0.3 is 0 Å². The number of imidazole rings is 1. The maximum atomic E-state index is 13.3. The van der Waals surface area contributed by atoms with Crippen LogP contribution >= 0.6 is 11.3 Å². The van der Waals surface area contributed by atoms with Gasteiger partial charge in [0.2, 0.25) is 0 Å². The molecule has 4 aromatic rings. The quantitative estimate of drug-likeness (QED) is 0.375. The van der Waals surface area contributed by atoms with Crippen LogP contribution < -0.4 is 14.9 Å². The number of hydrogen-bond donors (Lipinski definition) is 1. The summed E-state index contributed by atoms with van der Waals surface area (Å²) in [6, 6.07) is 10.9. The number of rotatable bonds is 6. The molecule has 0 saturated heterocycles. The van der Waals surface area contributed by atoms with Crippen molar-refractivity contribution in [1.29, 1.82) is 0 Å². The molecule has 0 saturated carbocycles. The van der Waals surface area contributed by atoms with Crippen LogP contribution in [-0.2, 0) is 0 Å². The molecule has 9 heteroatoms. The third-order valence-electron chi connectivity index (χ3n) is 4.42. The zero-order valence-electron chi connectivity index (χ0n) is 16.1. The highest BCUT2D eigenvalue weighted by atomic mass is 32.1. The van der Waals surface area contributed by atoms with Crippen molar-refractivity contribution in [3.8, 4) is 22.8 Å². The van der Waals surface area contributed by atoms with E-state index in [9.17, 15) is 9.18 Å². The van der Waals surface area contributed by atoms with Crippen LogP contribution in [0.3, 0.4) is 0 Å². The number of aromatic nitrogens is 2. The van der Waals surface area contributed by atoms with Gasteiger partial charge in [-0.3, -0.25) is 9.20 Å². The Hall–Kier alpha value is -3.72. The van der Waals surface area contributed by atoms with E-state index in [1.165, 1.54) is 43.9 Å². The number of methoxy groups -OCH3 is 2. The molecule has 0 aliphatic carbocycles. The standard InChI is InChI=1S/C21H17FN4O3S/c1-28-17-8-5-14(11-18(17)29-2)20(27)25-23-12-16-19(13-3-6-15(22)7-4-13)24-21-26(16)9-10-30-21/h3-12H,1-2H3,(H,25,27)/b23-12+. The second-order valence-corrected chi connectivity index (χ2v) is 7.05. The second kappa shape index (κ2) is 8.34. The van der Waals surface area contributed by atoms with Gasteiger partial charge in [-0.25, -0.2) is 14.8 Å². The normalized spacial score (nSPS) is 11.2. The molecule has 0 aliphatic rings. The molecule has 1 N–H and O–H groups in total. The molecule has 7 nitrogen and oxygen atoms in total. The van der Waals surface area contributed by atoms with Gasteiger partial charge in [-0.05, 0) is 42.5 Å². The minimum absolute atomic E-state index is 0.322. The highest BCUT2D eigenvalue weighted by Crippen LogP contribution is 2.28. The molecule has 0 aliphatic heterocycles. The summed E-state index contributed by atoms with van der Waals surface area (Å²) in [6.07, 6.45) is 3.38. The van der Waals surface area contributed by atoms with E-state index in [2.05, 4.69) is 15.5 Å². The van der Waals surface area contributed by atoms with E-state index in [0.717, 1.165) is 10.5 Å². The zero-order chi connectivity index (χ0) is 21.1. The lowest BCUT2D eigenvalue weighted by atomic mass is 10.1. The predicted octanol–water partition coefficient (Wildman–Crippen LogP) is 3.98. The fourth-order valence-electron chi connectivity index (χ4n) is 2.94. The van der Waals surface area contributed by atoms with Gasteiger partial charge in [-0.2, -0.15) is 5.10 Å². The molecule has 0 bridgehead atoms. The number of nitrogens with one attached hydrogen (secondary N) is 1. The number of fused-ring (bicyclic) bond motifs is 1. The number of nitrogens with zero attached hydrogens (tertiary/aromatic N) is 3. The predicted molar refractivity (Wildman–Crippen MR) is 113 cm³/mol. The zero-order valence-corrected chi connectivity index (χ0v) is 16.9. The van der Waals surface area contributed by atoms with E-state index in [1.807, 2.05) is 16.0 Å². The molecule has 2 aromatic heterocycles. The Morgan fingerprint density at radius 1 is 1.17 bits per heavy atom. The summed E-state index contributed by atoms with van der Waals surface area (Å²) in [7, 11) is 3.03. The van der Waals surface area contributed by atoms with Crippen LogP contribution in [0.25, 0.3) is 16.2 Å². The number of benzene rings is 2. The van der Waals surface area contributed by atoms with Gasteiger partial charge in [0, 0.05) is 22.7 Å². The summed E-state index contributed by atoms with van der Waals surface area (Å²) < 4.78 is 25.5. The molecule has 0 radical (unpaired) electrons. The van der Waals surface area contributed by atoms with Crippen molar-refractivity contribution in [2.45, 2.75) is 0 Å². The SMILES string of the molecule is COc1ccc(C(=O)N/N=C/c2c(-c3ccc(F)cc3)nc3sccn23)cc1OC. The first-order valence-electron chi connectivity index (χ1n) is 8.87. The average Bonchev–Trinajstić information content (AvgIpc) is 3.36. The topological polar surface area (TPSA) is 77.2 Å². The summed E-state index contributed by atoms with van der Waals surface area (Å²) in [4.78, 5) is 17.8. The van der Waals surface area contributed by atoms with E-state index in [0.29, 0.717) is 28.5 Å². The molecule has 2 heterocycles. The minimum atomic E-state index is -0.401. The van der Waals surface area contributed by atoms with Crippen molar-refractivity contribution >= 4 is 28.4 Å². The molecule has 2 aromatic carbocycles. The number of hydrazone groups is 1. The van der Waals surface area contributed by atoms with Crippen molar-refractivity contribution < 1.29 is 18.7 Å². The summed E-state index contributed by atoms with van der Waals surface area (Å²) in [5.74, 6) is 0.253. The van der Waals surface area contributed by atoms with Crippen LogP contribution in [0.15, 0.2) is 59.1 Å². The molecule has 30 heavy (non-hydrogen) atoms. The molecular weight excluding hydrogens is 407 g/mol. The number of hydrogen-bond acceptors (Lipinski definition) is 6. The van der Waals surface area contributed by atoms with E-state index < -0.39 is 5.91 Å². The lowest BCUT2D eigenvalue weighted by molar-refractivity contribution is 0.0954. The molecule has 1 amide bonds. The van der Waals surface area contributed by atoms with Crippen molar-refractivity contribution in [3.63, 3.8) is 0 Å². The number of thiazole rings is 1. The van der Waals surface area contributed by atoms with Gasteiger partial charge in [-0.1, -0.05) is 0 Å². The number of carbonyl (C=O) groups excluding carboxylic acids is 1. The van der Waals surface area contributed by atoms with E-state index in [4.69, 9.17) is 9.47 Å². The number of ether oxygens (including phenoxy) is 2. The van der Waals surface area contributed by atoms with Crippen molar-refractivity contribution in [1.82, 2.24) is 14.8 Å². The number of carbonyl (C=O) groups is 1. The third kappa shape index (κ3) is 3.74. The van der Waals surface area contributed by atoms with E-state index >= 15 is 0 Å². The van der Waals surface area contributed by atoms with Crippen molar-refractivity contribution in [2.24, 2.45) is 5.10 Å². The molecule has 0 unspecified atom stereocenters.